The maximum absolute atomic E-state index is 9.55. The zero-order chi connectivity index (χ0) is 38.7. The number of furan rings is 2. The topological polar surface area (TPSA) is 69.9 Å². The van der Waals surface area contributed by atoms with E-state index in [9.17, 15) is 4.11 Å². The molecule has 0 spiro atoms. The number of hydrogen-bond donors (Lipinski definition) is 0. The standard InChI is InChI=1S/C45H26N4O2/c1-3-12-27(13-4-1)30-18-11-21-39-42(30)33-23-22-29(24-40(33)51-39)44-46-43(28-14-5-2-6-15-28)47-45(48-44)49-36-19-9-7-16-31(36)34-25-35-32-17-8-10-20-38(32)50-41(35)26-37(34)49/h1-26H/i11D,18D,21D,22D,23D,24D. The van der Waals surface area contributed by atoms with Crippen LogP contribution in [0.4, 0.5) is 0 Å². The van der Waals surface area contributed by atoms with Crippen LogP contribution >= 0.6 is 0 Å². The van der Waals surface area contributed by atoms with E-state index in [1.165, 1.54) is 0 Å². The van der Waals surface area contributed by atoms with Crippen LogP contribution in [0.5, 0.6) is 0 Å². The van der Waals surface area contributed by atoms with Crippen molar-refractivity contribution in [1.29, 1.82) is 0 Å². The summed E-state index contributed by atoms with van der Waals surface area (Å²) < 4.78 is 69.1. The van der Waals surface area contributed by atoms with Crippen LogP contribution in [0.1, 0.15) is 8.22 Å². The molecule has 0 radical (unpaired) electrons. The van der Waals surface area contributed by atoms with Crippen molar-refractivity contribution in [3.8, 4) is 39.9 Å². The van der Waals surface area contributed by atoms with Crippen molar-refractivity contribution in [2.75, 3.05) is 0 Å². The molecule has 0 amide bonds. The van der Waals surface area contributed by atoms with Crippen molar-refractivity contribution in [2.45, 2.75) is 0 Å². The summed E-state index contributed by atoms with van der Waals surface area (Å²) in [5.74, 6) is 0.504. The van der Waals surface area contributed by atoms with Gasteiger partial charge in [0.15, 0.2) is 11.6 Å². The molecule has 0 aliphatic rings. The van der Waals surface area contributed by atoms with Gasteiger partial charge in [0.1, 0.15) is 22.3 Å². The van der Waals surface area contributed by atoms with Gasteiger partial charge >= 0.3 is 0 Å². The Labute approximate surface area is 299 Å². The molecule has 0 atom stereocenters. The van der Waals surface area contributed by atoms with Gasteiger partial charge in [-0.3, -0.25) is 4.57 Å². The highest BCUT2D eigenvalue weighted by Crippen LogP contribution is 2.40. The summed E-state index contributed by atoms with van der Waals surface area (Å²) in [6.45, 7) is 0. The average molecular weight is 661 g/mol. The molecule has 0 N–H and O–H groups in total. The predicted molar refractivity (Wildman–Crippen MR) is 205 cm³/mol. The van der Waals surface area contributed by atoms with Gasteiger partial charge in [-0.1, -0.05) is 115 Å². The van der Waals surface area contributed by atoms with Gasteiger partial charge in [-0.05, 0) is 47.5 Å². The van der Waals surface area contributed by atoms with E-state index in [0.29, 0.717) is 28.1 Å². The minimum absolute atomic E-state index is 0.0165. The SMILES string of the molecule is [2H]c1c([2H])c(-c2ccccc2)c2c(oc3c([2H])c(-c4nc(-c5ccccc5)nc(-n5c6ccccc6c6cc7c(cc65)oc5ccccc57)n4)c([2H])c([2H])c32)c1[2H]. The van der Waals surface area contributed by atoms with Gasteiger partial charge in [-0.2, -0.15) is 9.97 Å². The molecule has 4 heterocycles. The molecule has 0 unspecified atom stereocenters. The molecule has 0 saturated heterocycles. The lowest BCUT2D eigenvalue weighted by Crippen LogP contribution is -2.06. The number of nitrogens with zero attached hydrogens (tertiary/aromatic N) is 4. The highest BCUT2D eigenvalue weighted by molar-refractivity contribution is 6.17. The molecular weight excluding hydrogens is 629 g/mol. The van der Waals surface area contributed by atoms with Gasteiger partial charge in [0.25, 0.3) is 0 Å². The van der Waals surface area contributed by atoms with Gasteiger partial charge in [0, 0.05) is 49.5 Å². The molecule has 0 aliphatic heterocycles. The number of para-hydroxylation sites is 2. The molecule has 7 aromatic carbocycles. The van der Waals surface area contributed by atoms with E-state index < -0.39 is 0 Å². The van der Waals surface area contributed by atoms with Crippen molar-refractivity contribution in [1.82, 2.24) is 19.5 Å². The summed E-state index contributed by atoms with van der Waals surface area (Å²) in [6, 6.07) is 36.6. The van der Waals surface area contributed by atoms with E-state index in [-0.39, 0.29) is 75.5 Å². The Hall–Kier alpha value is -7.05. The Balaban J connectivity index is 1.23. The molecule has 4 aromatic heterocycles. The van der Waals surface area contributed by atoms with Gasteiger partial charge in [-0.25, -0.2) is 4.98 Å². The molecule has 11 aromatic rings. The second-order valence-electron chi connectivity index (χ2n) is 12.3. The van der Waals surface area contributed by atoms with Gasteiger partial charge in [0.2, 0.25) is 5.95 Å². The van der Waals surface area contributed by atoms with Crippen LogP contribution in [-0.4, -0.2) is 19.5 Å². The van der Waals surface area contributed by atoms with E-state index in [0.717, 1.165) is 38.2 Å². The summed E-state index contributed by atoms with van der Waals surface area (Å²) in [5, 5.41) is 4.25. The predicted octanol–water partition coefficient (Wildman–Crippen LogP) is 11.8. The third kappa shape index (κ3) is 4.26. The van der Waals surface area contributed by atoms with Crippen molar-refractivity contribution in [3.05, 3.63) is 158 Å². The third-order valence-electron chi connectivity index (χ3n) is 9.39. The minimum atomic E-state index is -0.342. The largest absolute Gasteiger partial charge is 0.456 e. The van der Waals surface area contributed by atoms with Crippen molar-refractivity contribution in [3.63, 3.8) is 0 Å². The normalized spacial score (nSPS) is 13.6. The second-order valence-corrected chi connectivity index (χ2v) is 12.3. The lowest BCUT2D eigenvalue weighted by molar-refractivity contribution is 0.668. The van der Waals surface area contributed by atoms with Crippen molar-refractivity contribution in [2.24, 2.45) is 0 Å². The van der Waals surface area contributed by atoms with E-state index in [4.69, 9.17) is 27.9 Å². The minimum Gasteiger partial charge on any atom is -0.456 e. The summed E-state index contributed by atoms with van der Waals surface area (Å²) in [4.78, 5) is 14.8. The number of aromatic nitrogens is 4. The van der Waals surface area contributed by atoms with Crippen LogP contribution in [0.25, 0.3) is 106 Å². The molecule has 0 aliphatic carbocycles. The van der Waals surface area contributed by atoms with Gasteiger partial charge in [-0.15, -0.1) is 0 Å². The molecule has 6 heteroatoms. The first-order chi connectivity index (χ1) is 27.8. The maximum Gasteiger partial charge on any atom is 0.238 e. The average Bonchev–Trinajstić information content (AvgIpc) is 3.92. The molecule has 51 heavy (non-hydrogen) atoms. The molecule has 0 saturated carbocycles. The summed E-state index contributed by atoms with van der Waals surface area (Å²) >= 11 is 0. The van der Waals surface area contributed by atoms with Crippen molar-refractivity contribution >= 4 is 65.7 Å². The summed E-state index contributed by atoms with van der Waals surface area (Å²) in [7, 11) is 0. The second kappa shape index (κ2) is 10.7. The first-order valence-electron chi connectivity index (χ1n) is 19.5. The van der Waals surface area contributed by atoms with Crippen LogP contribution in [-0.2, 0) is 0 Å². The fraction of sp³-hybridized carbons (Fsp3) is 0. The summed E-state index contributed by atoms with van der Waals surface area (Å²) in [6.07, 6.45) is 0. The van der Waals surface area contributed by atoms with Gasteiger partial charge < -0.3 is 8.83 Å². The molecule has 6 nitrogen and oxygen atoms in total. The first-order valence-corrected chi connectivity index (χ1v) is 16.5. The Morgan fingerprint density at radius 2 is 1.18 bits per heavy atom. The van der Waals surface area contributed by atoms with Crippen LogP contribution in [0.3, 0.4) is 0 Å². The fourth-order valence-electron chi connectivity index (χ4n) is 7.08. The van der Waals surface area contributed by atoms with Crippen LogP contribution in [0, 0.1) is 0 Å². The third-order valence-corrected chi connectivity index (χ3v) is 9.39. The summed E-state index contributed by atoms with van der Waals surface area (Å²) in [5.41, 5.74) is 4.46. The molecule has 11 rings (SSSR count). The maximum atomic E-state index is 9.55. The fourth-order valence-corrected chi connectivity index (χ4v) is 7.08. The Bertz CT molecular complexity index is 3490. The Morgan fingerprint density at radius 1 is 0.471 bits per heavy atom. The van der Waals surface area contributed by atoms with E-state index in [1.54, 1.807) is 24.3 Å². The van der Waals surface area contributed by atoms with Crippen LogP contribution < -0.4 is 0 Å². The molecule has 0 fully saturated rings. The molecule has 0 bridgehead atoms. The van der Waals surface area contributed by atoms with Crippen LogP contribution in [0.15, 0.2) is 166 Å². The quantitative estimate of drug-likeness (QED) is 0.188. The lowest BCUT2D eigenvalue weighted by Gasteiger charge is -2.11. The Morgan fingerprint density at radius 3 is 2.02 bits per heavy atom. The number of fused-ring (bicyclic) bond motifs is 9. The zero-order valence-electron chi connectivity index (χ0n) is 32.7. The highest BCUT2D eigenvalue weighted by atomic mass is 16.3. The van der Waals surface area contributed by atoms with Crippen molar-refractivity contribution < 1.29 is 17.1 Å². The Kier molecular flexibility index (Phi) is 4.74. The van der Waals surface area contributed by atoms with E-state index in [2.05, 4.69) is 6.07 Å². The molecule has 238 valence electrons. The van der Waals surface area contributed by atoms with E-state index >= 15 is 0 Å². The zero-order valence-corrected chi connectivity index (χ0v) is 26.7. The van der Waals surface area contributed by atoms with Gasteiger partial charge in [0.05, 0.1) is 19.3 Å². The highest BCUT2D eigenvalue weighted by Gasteiger charge is 2.21. The number of hydrogen-bond acceptors (Lipinski definition) is 5. The first kappa shape index (κ1) is 22.6. The number of benzene rings is 7. The number of rotatable bonds is 4. The lowest BCUT2D eigenvalue weighted by atomic mass is 9.99. The monoisotopic (exact) mass is 660 g/mol. The van der Waals surface area contributed by atoms with Crippen LogP contribution in [0.2, 0.25) is 0 Å². The molecular formula is C45H26N4O2. The smallest absolute Gasteiger partial charge is 0.238 e. The van der Waals surface area contributed by atoms with E-state index in [1.807, 2.05) is 95.6 Å².